The summed E-state index contributed by atoms with van der Waals surface area (Å²) in [6, 6.07) is 0.350. The molecule has 0 bridgehead atoms. The van der Waals surface area contributed by atoms with Gasteiger partial charge in [-0.2, -0.15) is 5.10 Å². The molecule has 1 aliphatic carbocycles. The molecule has 18 heavy (non-hydrogen) atoms. The number of carbonyl (C=O) groups is 1. The van der Waals surface area contributed by atoms with Gasteiger partial charge in [0.25, 0.3) is 5.91 Å². The molecule has 0 unspecified atom stereocenters. The third-order valence-corrected chi connectivity index (χ3v) is 3.78. The van der Waals surface area contributed by atoms with Gasteiger partial charge in [0.1, 0.15) is 0 Å². The Morgan fingerprint density at radius 3 is 2.78 bits per heavy atom. The molecular formula is C13H22N4O. The highest BCUT2D eigenvalue weighted by Crippen LogP contribution is 2.25. The van der Waals surface area contributed by atoms with Crippen LogP contribution in [0, 0.1) is 0 Å². The number of nitrogens with one attached hydrogen (secondary N) is 1. The van der Waals surface area contributed by atoms with Crippen LogP contribution in [0.4, 0.5) is 5.69 Å². The van der Waals surface area contributed by atoms with Gasteiger partial charge in [0.05, 0.1) is 11.4 Å². The number of nitrogens with two attached hydrogens (primary N) is 1. The topological polar surface area (TPSA) is 75.0 Å². The van der Waals surface area contributed by atoms with Crippen LogP contribution in [0.2, 0.25) is 0 Å². The van der Waals surface area contributed by atoms with Crippen LogP contribution in [0.1, 0.15) is 55.2 Å². The van der Waals surface area contributed by atoms with Crippen LogP contribution < -0.4 is 5.73 Å². The molecule has 1 aromatic heterocycles. The minimum Gasteiger partial charge on any atom is -0.395 e. The number of carbonyl (C=O) groups excluding carboxylic acids is 1. The second kappa shape index (κ2) is 5.42. The number of nitrogens with zero attached hydrogens (tertiary/aromatic N) is 2. The van der Waals surface area contributed by atoms with Crippen LogP contribution in [-0.4, -0.2) is 34.1 Å². The van der Waals surface area contributed by atoms with Crippen molar-refractivity contribution in [3.8, 4) is 0 Å². The summed E-state index contributed by atoms with van der Waals surface area (Å²) in [5.74, 6) is -0.0574. The molecule has 1 aromatic rings. The monoisotopic (exact) mass is 250 g/mol. The van der Waals surface area contributed by atoms with Crippen LogP contribution in [-0.2, 0) is 6.42 Å². The van der Waals surface area contributed by atoms with Gasteiger partial charge < -0.3 is 10.6 Å². The molecule has 2 rings (SSSR count). The van der Waals surface area contributed by atoms with Crippen molar-refractivity contribution in [2.24, 2.45) is 0 Å². The lowest BCUT2D eigenvalue weighted by Crippen LogP contribution is -2.35. The van der Waals surface area contributed by atoms with Crippen molar-refractivity contribution in [2.45, 2.75) is 51.5 Å². The van der Waals surface area contributed by atoms with Gasteiger partial charge in [-0.05, 0) is 19.3 Å². The fourth-order valence-electron chi connectivity index (χ4n) is 2.61. The number of hydrogen-bond donors (Lipinski definition) is 2. The van der Waals surface area contributed by atoms with Crippen LogP contribution in [0.3, 0.4) is 0 Å². The number of nitrogen functional groups attached to an aromatic ring is 1. The van der Waals surface area contributed by atoms with Crippen molar-refractivity contribution < 1.29 is 4.79 Å². The van der Waals surface area contributed by atoms with Crippen molar-refractivity contribution in [1.82, 2.24) is 15.1 Å². The lowest BCUT2D eigenvalue weighted by Gasteiger charge is -2.23. The number of rotatable bonds is 4. The van der Waals surface area contributed by atoms with E-state index in [4.69, 9.17) is 5.73 Å². The Kier molecular flexibility index (Phi) is 3.89. The van der Waals surface area contributed by atoms with E-state index in [9.17, 15) is 4.79 Å². The second-order valence-corrected chi connectivity index (χ2v) is 5.07. The van der Waals surface area contributed by atoms with Gasteiger partial charge in [-0.1, -0.05) is 26.2 Å². The summed E-state index contributed by atoms with van der Waals surface area (Å²) in [5.41, 5.74) is 7.76. The predicted molar refractivity (Wildman–Crippen MR) is 71.3 cm³/mol. The van der Waals surface area contributed by atoms with Gasteiger partial charge in [0, 0.05) is 13.1 Å². The molecule has 1 amide bonds. The van der Waals surface area contributed by atoms with Crippen molar-refractivity contribution in [3.05, 3.63) is 11.4 Å². The highest BCUT2D eigenvalue weighted by molar-refractivity contribution is 5.97. The first-order chi connectivity index (χ1) is 8.65. The number of hydrogen-bond acceptors (Lipinski definition) is 3. The van der Waals surface area contributed by atoms with Gasteiger partial charge in [-0.15, -0.1) is 0 Å². The number of aryl methyl sites for hydroxylation is 1. The summed E-state index contributed by atoms with van der Waals surface area (Å²) in [4.78, 5) is 14.1. The first kappa shape index (κ1) is 12.9. The lowest BCUT2D eigenvalue weighted by atomic mass is 10.1. The lowest BCUT2D eigenvalue weighted by molar-refractivity contribution is 0.0730. The molecule has 0 radical (unpaired) electrons. The van der Waals surface area contributed by atoms with Crippen molar-refractivity contribution in [2.75, 3.05) is 12.8 Å². The van der Waals surface area contributed by atoms with E-state index in [-0.39, 0.29) is 5.91 Å². The van der Waals surface area contributed by atoms with Crippen LogP contribution >= 0.6 is 0 Å². The molecule has 100 valence electrons. The molecule has 5 heteroatoms. The Balaban J connectivity index is 2.12. The Morgan fingerprint density at radius 1 is 1.50 bits per heavy atom. The predicted octanol–water partition coefficient (Wildman–Crippen LogP) is 1.96. The van der Waals surface area contributed by atoms with Gasteiger partial charge in [0.15, 0.2) is 5.69 Å². The fourth-order valence-corrected chi connectivity index (χ4v) is 2.61. The highest BCUT2D eigenvalue weighted by atomic mass is 16.2. The highest BCUT2D eigenvalue weighted by Gasteiger charge is 2.27. The maximum Gasteiger partial charge on any atom is 0.276 e. The van der Waals surface area contributed by atoms with E-state index in [2.05, 4.69) is 17.1 Å². The van der Waals surface area contributed by atoms with Crippen LogP contribution in [0.5, 0.6) is 0 Å². The largest absolute Gasteiger partial charge is 0.395 e. The van der Waals surface area contributed by atoms with E-state index < -0.39 is 0 Å². The molecule has 0 spiro atoms. The summed E-state index contributed by atoms with van der Waals surface area (Å²) in [6.45, 7) is 2.08. The molecule has 0 aromatic carbocycles. The van der Waals surface area contributed by atoms with Crippen molar-refractivity contribution >= 4 is 11.6 Å². The summed E-state index contributed by atoms with van der Waals surface area (Å²) in [6.07, 6.45) is 6.42. The maximum absolute atomic E-state index is 12.3. The summed E-state index contributed by atoms with van der Waals surface area (Å²) < 4.78 is 0. The molecule has 0 saturated heterocycles. The van der Waals surface area contributed by atoms with E-state index in [1.165, 1.54) is 12.8 Å². The van der Waals surface area contributed by atoms with Crippen molar-refractivity contribution in [3.63, 3.8) is 0 Å². The molecule has 1 heterocycles. The third-order valence-electron chi connectivity index (χ3n) is 3.78. The quantitative estimate of drug-likeness (QED) is 0.857. The van der Waals surface area contributed by atoms with E-state index in [1.807, 2.05) is 7.05 Å². The Labute approximate surface area is 108 Å². The molecule has 0 aliphatic heterocycles. The zero-order chi connectivity index (χ0) is 13.1. The molecule has 5 nitrogen and oxygen atoms in total. The van der Waals surface area contributed by atoms with Gasteiger partial charge in [-0.25, -0.2) is 0 Å². The summed E-state index contributed by atoms with van der Waals surface area (Å²) in [5, 5.41) is 6.96. The van der Waals surface area contributed by atoms with E-state index >= 15 is 0 Å². The smallest absolute Gasteiger partial charge is 0.276 e. The summed E-state index contributed by atoms with van der Waals surface area (Å²) in [7, 11) is 1.85. The maximum atomic E-state index is 12.3. The minimum absolute atomic E-state index is 0.0574. The van der Waals surface area contributed by atoms with E-state index in [0.29, 0.717) is 17.4 Å². The molecular weight excluding hydrogens is 228 g/mol. The number of amides is 1. The molecule has 0 atom stereocenters. The number of H-pyrrole nitrogens is 1. The van der Waals surface area contributed by atoms with Gasteiger partial charge in [0.2, 0.25) is 0 Å². The molecule has 1 aliphatic rings. The zero-order valence-corrected chi connectivity index (χ0v) is 11.2. The first-order valence-electron chi connectivity index (χ1n) is 6.75. The average molecular weight is 250 g/mol. The van der Waals surface area contributed by atoms with E-state index in [1.54, 1.807) is 4.90 Å². The number of aromatic nitrogens is 2. The molecule has 1 saturated carbocycles. The van der Waals surface area contributed by atoms with Gasteiger partial charge >= 0.3 is 0 Å². The van der Waals surface area contributed by atoms with Crippen LogP contribution in [0.15, 0.2) is 0 Å². The van der Waals surface area contributed by atoms with Gasteiger partial charge in [-0.3, -0.25) is 9.89 Å². The summed E-state index contributed by atoms with van der Waals surface area (Å²) >= 11 is 0. The second-order valence-electron chi connectivity index (χ2n) is 5.07. The van der Waals surface area contributed by atoms with E-state index in [0.717, 1.165) is 31.4 Å². The minimum atomic E-state index is -0.0574. The van der Waals surface area contributed by atoms with Crippen LogP contribution in [0.25, 0.3) is 0 Å². The molecule has 1 fully saturated rings. The zero-order valence-electron chi connectivity index (χ0n) is 11.2. The Bertz CT molecular complexity index is 421. The number of anilines is 1. The third kappa shape index (κ3) is 2.35. The first-order valence-corrected chi connectivity index (χ1v) is 6.75. The Morgan fingerprint density at radius 2 is 2.17 bits per heavy atom. The fraction of sp³-hybridized carbons (Fsp3) is 0.692. The average Bonchev–Trinajstić information content (AvgIpc) is 2.99. The van der Waals surface area contributed by atoms with Crippen molar-refractivity contribution in [1.29, 1.82) is 0 Å². The Hall–Kier alpha value is -1.52. The normalized spacial score (nSPS) is 16.1. The standard InChI is InChI=1S/C13H22N4O/c1-3-6-10-11(14)12(16-15-10)13(18)17(2)9-7-4-5-8-9/h9H,3-8,14H2,1-2H3,(H,15,16). The number of aromatic amines is 1. The molecule has 3 N–H and O–H groups in total. The SMILES string of the molecule is CCCc1[nH]nc(C(=O)N(C)C2CCCC2)c1N.